The quantitative estimate of drug-likeness (QED) is 0.634. The predicted molar refractivity (Wildman–Crippen MR) is 54.6 cm³/mol. The number of ketones is 2. The van der Waals surface area contributed by atoms with Gasteiger partial charge in [-0.1, -0.05) is 0 Å². The van der Waals surface area contributed by atoms with Gasteiger partial charge in [-0.05, 0) is 13.3 Å². The van der Waals surface area contributed by atoms with Crippen LogP contribution in [0.5, 0.6) is 0 Å². The fourth-order valence-electron chi connectivity index (χ4n) is 2.40. The number of carbonyl (C=O) groups excluding carboxylic acids is 2. The van der Waals surface area contributed by atoms with Crippen LogP contribution in [0, 0.1) is 5.92 Å². The van der Waals surface area contributed by atoms with Crippen LogP contribution < -0.4 is 5.32 Å². The molecule has 0 spiro atoms. The van der Waals surface area contributed by atoms with E-state index in [-0.39, 0.29) is 23.7 Å². The normalized spacial score (nSPS) is 34.5. The van der Waals surface area contributed by atoms with Crippen LogP contribution >= 0.6 is 0 Å². The minimum atomic E-state index is -0.457. The Bertz CT molecular complexity index is 261. The average molecular weight is 211 g/mol. The molecule has 1 saturated heterocycles. The predicted octanol–water partition coefficient (Wildman–Crippen LogP) is 0.302. The van der Waals surface area contributed by atoms with E-state index in [0.29, 0.717) is 26.1 Å². The summed E-state index contributed by atoms with van der Waals surface area (Å²) in [6.07, 6.45) is 1.81. The zero-order valence-electron chi connectivity index (χ0n) is 8.99. The van der Waals surface area contributed by atoms with Crippen LogP contribution in [0.25, 0.3) is 0 Å². The lowest BCUT2D eigenvalue weighted by Crippen LogP contribution is -2.55. The number of carbonyl (C=O) groups is 2. The molecular formula is C11H17NO3. The van der Waals surface area contributed by atoms with E-state index in [4.69, 9.17) is 4.74 Å². The van der Waals surface area contributed by atoms with Gasteiger partial charge in [-0.15, -0.1) is 0 Å². The fourth-order valence-corrected chi connectivity index (χ4v) is 2.40. The summed E-state index contributed by atoms with van der Waals surface area (Å²) in [6.45, 7) is 3.14. The smallest absolute Gasteiger partial charge is 0.145 e. The molecule has 1 aliphatic heterocycles. The van der Waals surface area contributed by atoms with E-state index < -0.39 is 5.92 Å². The zero-order chi connectivity index (χ0) is 10.8. The van der Waals surface area contributed by atoms with Gasteiger partial charge in [0.1, 0.15) is 11.6 Å². The first-order valence-corrected chi connectivity index (χ1v) is 5.57. The minimum Gasteiger partial charge on any atom is -0.378 e. The standard InChI is InChI=1S/C11H17NO3/c1-7-5-15-6-8(12-7)11-9(13)3-2-4-10(11)14/h7-8,11-12H,2-6H2,1H3. The number of ether oxygens (including phenoxy) is 1. The number of morpholine rings is 1. The maximum atomic E-state index is 11.7. The molecular weight excluding hydrogens is 194 g/mol. The second-order valence-corrected chi connectivity index (χ2v) is 4.48. The summed E-state index contributed by atoms with van der Waals surface area (Å²) in [7, 11) is 0. The number of hydrogen-bond donors (Lipinski definition) is 1. The number of nitrogens with one attached hydrogen (secondary N) is 1. The lowest BCUT2D eigenvalue weighted by Gasteiger charge is -2.34. The molecule has 0 radical (unpaired) electrons. The van der Waals surface area contributed by atoms with Crippen LogP contribution in [-0.4, -0.2) is 36.9 Å². The van der Waals surface area contributed by atoms with Crippen LogP contribution in [0.3, 0.4) is 0 Å². The molecule has 2 aliphatic rings. The van der Waals surface area contributed by atoms with Crippen molar-refractivity contribution in [1.82, 2.24) is 5.32 Å². The molecule has 0 aromatic rings. The minimum absolute atomic E-state index is 0.0847. The fraction of sp³-hybridized carbons (Fsp3) is 0.818. The Hall–Kier alpha value is -0.740. The first-order chi connectivity index (χ1) is 7.18. The Morgan fingerprint density at radius 3 is 2.47 bits per heavy atom. The Morgan fingerprint density at radius 2 is 1.87 bits per heavy atom. The van der Waals surface area contributed by atoms with Gasteiger partial charge >= 0.3 is 0 Å². The van der Waals surface area contributed by atoms with E-state index in [1.165, 1.54) is 0 Å². The first kappa shape index (κ1) is 10.8. The van der Waals surface area contributed by atoms with Crippen LogP contribution in [0.4, 0.5) is 0 Å². The monoisotopic (exact) mass is 211 g/mol. The third-order valence-electron chi connectivity index (χ3n) is 3.11. The highest BCUT2D eigenvalue weighted by atomic mass is 16.5. The molecule has 84 valence electrons. The van der Waals surface area contributed by atoms with Gasteiger partial charge in [0.25, 0.3) is 0 Å². The third kappa shape index (κ3) is 2.26. The molecule has 0 aromatic carbocycles. The van der Waals surface area contributed by atoms with E-state index >= 15 is 0 Å². The van der Waals surface area contributed by atoms with Crippen molar-refractivity contribution in [3.63, 3.8) is 0 Å². The zero-order valence-corrected chi connectivity index (χ0v) is 8.99. The summed E-state index contributed by atoms with van der Waals surface area (Å²) < 4.78 is 5.38. The Balaban J connectivity index is 2.06. The Morgan fingerprint density at radius 1 is 1.20 bits per heavy atom. The summed E-state index contributed by atoms with van der Waals surface area (Å²) in [5.74, 6) is -0.288. The molecule has 15 heavy (non-hydrogen) atoms. The third-order valence-corrected chi connectivity index (χ3v) is 3.11. The Kier molecular flexibility index (Phi) is 3.17. The van der Waals surface area contributed by atoms with Gasteiger partial charge in [-0.3, -0.25) is 9.59 Å². The van der Waals surface area contributed by atoms with E-state index in [1.807, 2.05) is 6.92 Å². The highest BCUT2D eigenvalue weighted by Gasteiger charge is 2.38. The van der Waals surface area contributed by atoms with Gasteiger partial charge < -0.3 is 10.1 Å². The van der Waals surface area contributed by atoms with Crippen molar-refractivity contribution < 1.29 is 14.3 Å². The summed E-state index contributed by atoms with van der Waals surface area (Å²) in [5, 5.41) is 3.28. The highest BCUT2D eigenvalue weighted by molar-refractivity contribution is 6.05. The van der Waals surface area contributed by atoms with Crippen molar-refractivity contribution in [1.29, 1.82) is 0 Å². The maximum absolute atomic E-state index is 11.7. The molecule has 0 bridgehead atoms. The molecule has 0 aromatic heterocycles. The largest absolute Gasteiger partial charge is 0.378 e. The molecule has 1 aliphatic carbocycles. The van der Waals surface area contributed by atoms with Crippen molar-refractivity contribution >= 4 is 11.6 Å². The van der Waals surface area contributed by atoms with Crippen molar-refractivity contribution in [2.45, 2.75) is 38.3 Å². The second-order valence-electron chi connectivity index (χ2n) is 4.48. The average Bonchev–Trinajstić information content (AvgIpc) is 2.17. The van der Waals surface area contributed by atoms with Crippen LogP contribution in [0.15, 0.2) is 0 Å². The van der Waals surface area contributed by atoms with Gasteiger partial charge in [-0.2, -0.15) is 0 Å². The first-order valence-electron chi connectivity index (χ1n) is 5.57. The van der Waals surface area contributed by atoms with E-state index in [1.54, 1.807) is 0 Å². The van der Waals surface area contributed by atoms with Gasteiger partial charge in [0, 0.05) is 24.9 Å². The van der Waals surface area contributed by atoms with Crippen molar-refractivity contribution in [2.24, 2.45) is 5.92 Å². The lowest BCUT2D eigenvalue weighted by molar-refractivity contribution is -0.138. The summed E-state index contributed by atoms with van der Waals surface area (Å²) >= 11 is 0. The van der Waals surface area contributed by atoms with Gasteiger partial charge in [-0.25, -0.2) is 0 Å². The number of rotatable bonds is 1. The SMILES string of the molecule is CC1COCC(C2C(=O)CCCC2=O)N1. The number of hydrogen-bond acceptors (Lipinski definition) is 4. The van der Waals surface area contributed by atoms with Gasteiger partial charge in [0.15, 0.2) is 0 Å². The van der Waals surface area contributed by atoms with E-state index in [0.717, 1.165) is 6.42 Å². The van der Waals surface area contributed by atoms with E-state index in [2.05, 4.69) is 5.32 Å². The molecule has 1 saturated carbocycles. The molecule has 4 heteroatoms. The van der Waals surface area contributed by atoms with Crippen molar-refractivity contribution in [2.75, 3.05) is 13.2 Å². The molecule has 4 nitrogen and oxygen atoms in total. The van der Waals surface area contributed by atoms with Crippen LogP contribution in [0.2, 0.25) is 0 Å². The molecule has 2 rings (SSSR count). The molecule has 2 atom stereocenters. The van der Waals surface area contributed by atoms with Gasteiger partial charge in [0.05, 0.1) is 19.1 Å². The molecule has 2 unspecified atom stereocenters. The van der Waals surface area contributed by atoms with Crippen molar-refractivity contribution in [3.05, 3.63) is 0 Å². The lowest BCUT2D eigenvalue weighted by atomic mass is 9.81. The van der Waals surface area contributed by atoms with Gasteiger partial charge in [0.2, 0.25) is 0 Å². The maximum Gasteiger partial charge on any atom is 0.145 e. The van der Waals surface area contributed by atoms with Crippen LogP contribution in [0.1, 0.15) is 26.2 Å². The summed E-state index contributed by atoms with van der Waals surface area (Å²) in [6, 6.07) is 0.125. The second kappa shape index (κ2) is 4.41. The molecule has 1 heterocycles. The Labute approximate surface area is 89.4 Å². The summed E-state index contributed by atoms with van der Waals surface area (Å²) in [5.41, 5.74) is 0. The highest BCUT2D eigenvalue weighted by Crippen LogP contribution is 2.22. The van der Waals surface area contributed by atoms with Crippen LogP contribution in [-0.2, 0) is 14.3 Å². The molecule has 1 N–H and O–H groups in total. The van der Waals surface area contributed by atoms with Crippen molar-refractivity contribution in [3.8, 4) is 0 Å². The topological polar surface area (TPSA) is 55.4 Å². The molecule has 2 fully saturated rings. The van der Waals surface area contributed by atoms with E-state index in [9.17, 15) is 9.59 Å². The summed E-state index contributed by atoms with van der Waals surface area (Å²) in [4.78, 5) is 23.4. The number of Topliss-reactive ketones (excluding diaryl/α,β-unsaturated/α-hetero) is 2. The molecule has 0 amide bonds.